The van der Waals surface area contributed by atoms with E-state index in [1.54, 1.807) is 0 Å². The fourth-order valence-electron chi connectivity index (χ4n) is 2.92. The summed E-state index contributed by atoms with van der Waals surface area (Å²) in [4.78, 5) is 11.3. The molecule has 92 valence electrons. The lowest BCUT2D eigenvalue weighted by Gasteiger charge is -2.35. The van der Waals surface area contributed by atoms with Crippen molar-refractivity contribution < 1.29 is 0 Å². The van der Waals surface area contributed by atoms with Crippen LogP contribution < -0.4 is 5.32 Å². The number of hydrogen-bond donors (Lipinski definition) is 1. The Morgan fingerprint density at radius 2 is 2.06 bits per heavy atom. The minimum Gasteiger partial charge on any atom is -0.351 e. The maximum absolute atomic E-state index is 4.31. The summed E-state index contributed by atoms with van der Waals surface area (Å²) in [6.45, 7) is 2.53. The number of anilines is 1. The number of halogens is 1. The molecule has 2 aliphatic rings. The average molecular weight is 344 g/mol. The number of piperidine rings is 1. The van der Waals surface area contributed by atoms with Gasteiger partial charge >= 0.3 is 0 Å². The molecule has 0 amide bonds. The van der Waals surface area contributed by atoms with Crippen LogP contribution in [0.15, 0.2) is 12.4 Å². The first kappa shape index (κ1) is 11.6. The molecule has 2 aliphatic heterocycles. The van der Waals surface area contributed by atoms with Crippen LogP contribution in [0.5, 0.6) is 0 Å². The van der Waals surface area contributed by atoms with Crippen LogP contribution in [-0.2, 0) is 0 Å². The van der Waals surface area contributed by atoms with E-state index in [1.807, 2.05) is 12.4 Å². The second-order valence-corrected chi connectivity index (χ2v) is 6.17. The molecular weight excluding hydrogens is 327 g/mol. The Hall–Kier alpha value is -0.430. The van der Waals surface area contributed by atoms with E-state index in [0.717, 1.165) is 15.6 Å². The number of fused-ring (bicyclic) bond motifs is 1. The molecule has 0 aromatic carbocycles. The van der Waals surface area contributed by atoms with Gasteiger partial charge in [-0.05, 0) is 54.8 Å². The van der Waals surface area contributed by atoms with E-state index in [1.165, 1.54) is 38.8 Å². The molecule has 2 fully saturated rings. The highest BCUT2D eigenvalue weighted by Crippen LogP contribution is 2.27. The third-order valence-electron chi connectivity index (χ3n) is 3.77. The van der Waals surface area contributed by atoms with Gasteiger partial charge in [-0.15, -0.1) is 0 Å². The molecule has 17 heavy (non-hydrogen) atoms. The normalized spacial score (nSPS) is 29.0. The molecule has 0 radical (unpaired) electrons. The van der Waals surface area contributed by atoms with Crippen LogP contribution in [0, 0.1) is 3.57 Å². The summed E-state index contributed by atoms with van der Waals surface area (Å²) in [5.41, 5.74) is 0. The molecule has 2 unspecified atom stereocenters. The molecule has 0 saturated carbocycles. The van der Waals surface area contributed by atoms with Crippen LogP contribution in [0.1, 0.15) is 25.7 Å². The van der Waals surface area contributed by atoms with Gasteiger partial charge in [0, 0.05) is 34.6 Å². The maximum atomic E-state index is 4.31. The zero-order valence-corrected chi connectivity index (χ0v) is 11.9. The molecule has 0 spiro atoms. The van der Waals surface area contributed by atoms with Gasteiger partial charge < -0.3 is 10.2 Å². The Kier molecular flexibility index (Phi) is 3.46. The SMILES string of the molecule is Ic1cnc(NC2CCN3CCCC3C2)nc1. The predicted octanol–water partition coefficient (Wildman–Crippen LogP) is 2.12. The Labute approximate surface area is 115 Å². The van der Waals surface area contributed by atoms with Crippen molar-refractivity contribution >= 4 is 28.5 Å². The number of nitrogens with one attached hydrogen (secondary N) is 1. The van der Waals surface area contributed by atoms with E-state index in [9.17, 15) is 0 Å². The topological polar surface area (TPSA) is 41.1 Å². The lowest BCUT2D eigenvalue weighted by Crippen LogP contribution is -2.42. The van der Waals surface area contributed by atoms with E-state index in [2.05, 4.69) is 42.8 Å². The number of aromatic nitrogens is 2. The van der Waals surface area contributed by atoms with Gasteiger partial charge in [0.05, 0.1) is 0 Å². The average Bonchev–Trinajstić information content (AvgIpc) is 2.79. The van der Waals surface area contributed by atoms with Gasteiger partial charge in [0.25, 0.3) is 0 Å². The predicted molar refractivity (Wildman–Crippen MR) is 76.0 cm³/mol. The molecule has 3 rings (SSSR count). The number of nitrogens with zero attached hydrogens (tertiary/aromatic N) is 3. The van der Waals surface area contributed by atoms with Gasteiger partial charge in [-0.1, -0.05) is 0 Å². The molecule has 1 N–H and O–H groups in total. The quantitative estimate of drug-likeness (QED) is 0.835. The number of rotatable bonds is 2. The molecule has 1 aromatic heterocycles. The Morgan fingerprint density at radius 1 is 1.24 bits per heavy atom. The summed E-state index contributed by atoms with van der Waals surface area (Å²) >= 11 is 2.23. The third kappa shape index (κ3) is 2.70. The van der Waals surface area contributed by atoms with Crippen molar-refractivity contribution in [3.05, 3.63) is 16.0 Å². The second kappa shape index (κ2) is 5.06. The van der Waals surface area contributed by atoms with Crippen LogP contribution in [0.4, 0.5) is 5.95 Å². The summed E-state index contributed by atoms with van der Waals surface area (Å²) < 4.78 is 1.08. The molecule has 2 atom stereocenters. The lowest BCUT2D eigenvalue weighted by molar-refractivity contribution is 0.188. The van der Waals surface area contributed by atoms with E-state index in [0.29, 0.717) is 6.04 Å². The largest absolute Gasteiger partial charge is 0.351 e. The zero-order chi connectivity index (χ0) is 11.7. The van der Waals surface area contributed by atoms with Crippen molar-refractivity contribution in [1.82, 2.24) is 14.9 Å². The molecule has 0 aliphatic carbocycles. The maximum Gasteiger partial charge on any atom is 0.222 e. The first-order valence-electron chi connectivity index (χ1n) is 6.29. The Bertz CT molecular complexity index is 381. The highest BCUT2D eigenvalue weighted by molar-refractivity contribution is 14.1. The van der Waals surface area contributed by atoms with Crippen molar-refractivity contribution in [2.24, 2.45) is 0 Å². The van der Waals surface area contributed by atoms with E-state index in [-0.39, 0.29) is 0 Å². The summed E-state index contributed by atoms with van der Waals surface area (Å²) in [7, 11) is 0. The van der Waals surface area contributed by atoms with Crippen LogP contribution in [0.3, 0.4) is 0 Å². The standard InChI is InChI=1S/C12H17IN4/c13-9-7-14-12(15-8-9)16-10-3-5-17-4-1-2-11(17)6-10/h7-8,10-11H,1-6H2,(H,14,15,16). The second-order valence-electron chi connectivity index (χ2n) is 4.92. The Morgan fingerprint density at radius 3 is 2.88 bits per heavy atom. The van der Waals surface area contributed by atoms with Gasteiger partial charge in [-0.25, -0.2) is 9.97 Å². The first-order chi connectivity index (χ1) is 8.31. The van der Waals surface area contributed by atoms with Crippen molar-refractivity contribution in [3.63, 3.8) is 0 Å². The molecule has 2 saturated heterocycles. The Balaban J connectivity index is 1.60. The van der Waals surface area contributed by atoms with Crippen molar-refractivity contribution in [3.8, 4) is 0 Å². The lowest BCUT2D eigenvalue weighted by atomic mass is 9.98. The number of hydrogen-bond acceptors (Lipinski definition) is 4. The van der Waals surface area contributed by atoms with Crippen molar-refractivity contribution in [1.29, 1.82) is 0 Å². The van der Waals surface area contributed by atoms with E-state index < -0.39 is 0 Å². The molecular formula is C12H17IN4. The molecule has 0 bridgehead atoms. The minimum atomic E-state index is 0.550. The van der Waals surface area contributed by atoms with Gasteiger partial charge in [-0.3, -0.25) is 0 Å². The van der Waals surface area contributed by atoms with Gasteiger partial charge in [-0.2, -0.15) is 0 Å². The fraction of sp³-hybridized carbons (Fsp3) is 0.667. The molecule has 1 aromatic rings. The van der Waals surface area contributed by atoms with Gasteiger partial charge in [0.1, 0.15) is 0 Å². The fourth-order valence-corrected chi connectivity index (χ4v) is 3.20. The molecule has 4 nitrogen and oxygen atoms in total. The third-order valence-corrected chi connectivity index (χ3v) is 4.33. The van der Waals surface area contributed by atoms with E-state index in [4.69, 9.17) is 0 Å². The molecule has 5 heteroatoms. The van der Waals surface area contributed by atoms with Crippen LogP contribution in [0.25, 0.3) is 0 Å². The summed E-state index contributed by atoms with van der Waals surface area (Å²) in [5, 5.41) is 3.47. The summed E-state index contributed by atoms with van der Waals surface area (Å²) in [6, 6.07) is 1.35. The van der Waals surface area contributed by atoms with Crippen molar-refractivity contribution in [2.75, 3.05) is 18.4 Å². The highest BCUT2D eigenvalue weighted by Gasteiger charge is 2.31. The van der Waals surface area contributed by atoms with Gasteiger partial charge in [0.2, 0.25) is 5.95 Å². The van der Waals surface area contributed by atoms with Crippen molar-refractivity contribution in [2.45, 2.75) is 37.8 Å². The smallest absolute Gasteiger partial charge is 0.222 e. The van der Waals surface area contributed by atoms with Crippen LogP contribution >= 0.6 is 22.6 Å². The van der Waals surface area contributed by atoms with Crippen LogP contribution in [0.2, 0.25) is 0 Å². The molecule has 3 heterocycles. The van der Waals surface area contributed by atoms with E-state index >= 15 is 0 Å². The summed E-state index contributed by atoms with van der Waals surface area (Å²) in [6.07, 6.45) is 8.92. The summed E-state index contributed by atoms with van der Waals surface area (Å²) in [5.74, 6) is 0.780. The van der Waals surface area contributed by atoms with Crippen LogP contribution in [-0.4, -0.2) is 40.0 Å². The zero-order valence-electron chi connectivity index (χ0n) is 9.77. The minimum absolute atomic E-state index is 0.550. The monoisotopic (exact) mass is 344 g/mol. The first-order valence-corrected chi connectivity index (χ1v) is 7.37. The highest BCUT2D eigenvalue weighted by atomic mass is 127. The van der Waals surface area contributed by atoms with Gasteiger partial charge in [0.15, 0.2) is 0 Å².